The summed E-state index contributed by atoms with van der Waals surface area (Å²) in [5.41, 5.74) is 0. The van der Waals surface area contributed by atoms with Crippen LogP contribution in [0.5, 0.6) is 0 Å². The van der Waals surface area contributed by atoms with Crippen LogP contribution in [0.1, 0.15) is 226 Å². The highest BCUT2D eigenvalue weighted by atomic mass is 16.6. The summed E-state index contributed by atoms with van der Waals surface area (Å²) >= 11 is 0. The molecule has 5 nitrogen and oxygen atoms in total. The van der Waals surface area contributed by atoms with Crippen LogP contribution in [0, 0.1) is 0 Å². The Kier molecular flexibility index (Phi) is 54.0. The van der Waals surface area contributed by atoms with E-state index >= 15 is 0 Å². The third-order valence-corrected chi connectivity index (χ3v) is 11.2. The first-order valence-corrected chi connectivity index (χ1v) is 27.7. The molecule has 0 heterocycles. The molecule has 0 N–H and O–H groups in total. The Labute approximate surface area is 419 Å². The Morgan fingerprint density at radius 3 is 1.06 bits per heavy atom. The van der Waals surface area contributed by atoms with Crippen LogP contribution in [-0.4, -0.2) is 37.9 Å². The lowest BCUT2D eigenvalue weighted by atomic mass is 10.1. The fraction of sp³-hybridized carbons (Fsp3) is 0.619. The number of carbonyl (C=O) groups is 2. The summed E-state index contributed by atoms with van der Waals surface area (Å²) in [5.74, 6) is -0.463. The lowest BCUT2D eigenvalue weighted by Gasteiger charge is -2.18. The van der Waals surface area contributed by atoms with Gasteiger partial charge in [-0.3, -0.25) is 9.59 Å². The van der Waals surface area contributed by atoms with Crippen molar-refractivity contribution in [3.8, 4) is 0 Å². The highest BCUT2D eigenvalue weighted by Crippen LogP contribution is 2.12. The molecule has 0 bridgehead atoms. The quantitative estimate of drug-likeness (QED) is 0.0345. The van der Waals surface area contributed by atoms with E-state index < -0.39 is 6.10 Å². The average molecular weight is 940 g/mol. The van der Waals surface area contributed by atoms with Crippen LogP contribution in [0.25, 0.3) is 0 Å². The van der Waals surface area contributed by atoms with Crippen molar-refractivity contribution in [1.82, 2.24) is 0 Å². The molecule has 0 aromatic heterocycles. The van der Waals surface area contributed by atoms with Crippen LogP contribution in [0.15, 0.2) is 134 Å². The molecule has 0 aliphatic heterocycles. The molecule has 1 atom stereocenters. The van der Waals surface area contributed by atoms with Crippen molar-refractivity contribution in [3.63, 3.8) is 0 Å². The summed E-state index contributed by atoms with van der Waals surface area (Å²) in [6.45, 7) is 7.46. The molecule has 5 heteroatoms. The van der Waals surface area contributed by atoms with Crippen LogP contribution in [0.4, 0.5) is 0 Å². The van der Waals surface area contributed by atoms with Gasteiger partial charge in [0, 0.05) is 19.4 Å². The highest BCUT2D eigenvalue weighted by molar-refractivity contribution is 5.70. The zero-order chi connectivity index (χ0) is 49.2. The zero-order valence-electron chi connectivity index (χ0n) is 44.1. The lowest BCUT2D eigenvalue weighted by Crippen LogP contribution is -2.30. The van der Waals surface area contributed by atoms with Gasteiger partial charge in [-0.2, -0.15) is 0 Å². The summed E-state index contributed by atoms with van der Waals surface area (Å²) in [6, 6.07) is 0. The molecule has 0 rings (SSSR count). The summed E-state index contributed by atoms with van der Waals surface area (Å²) in [7, 11) is 0. The number of carbonyl (C=O) groups excluding carboxylic acids is 2. The fourth-order valence-corrected chi connectivity index (χ4v) is 7.09. The second kappa shape index (κ2) is 57.4. The minimum absolute atomic E-state index is 0.0474. The maximum atomic E-state index is 12.8. The number of esters is 2. The molecule has 0 aromatic rings. The Bertz CT molecular complexity index is 1430. The van der Waals surface area contributed by atoms with Gasteiger partial charge < -0.3 is 14.2 Å². The minimum Gasteiger partial charge on any atom is -0.462 e. The van der Waals surface area contributed by atoms with E-state index in [9.17, 15) is 9.59 Å². The molecule has 0 aliphatic rings. The van der Waals surface area contributed by atoms with Crippen molar-refractivity contribution >= 4 is 11.9 Å². The second-order valence-corrected chi connectivity index (χ2v) is 17.7. The van der Waals surface area contributed by atoms with Gasteiger partial charge in [0.2, 0.25) is 0 Å². The number of ether oxygens (including phenoxy) is 3. The number of hydrogen-bond acceptors (Lipinski definition) is 5. The van der Waals surface area contributed by atoms with Gasteiger partial charge >= 0.3 is 11.9 Å². The standard InChI is InChI=1S/C63H102O5/c1-4-7-10-13-16-19-22-25-28-30-31-32-34-37-40-43-46-49-52-55-58-66-59-61(68-63(65)57-54-51-48-45-42-39-35-27-24-21-18-15-12-9-6-3)60-67-62(64)56-53-50-47-44-41-38-36-33-29-26-23-20-17-14-11-8-5-2/h7-8,10-11,16-21,25-29,31-32,35-38,40,61H,4-6,9,12-15,22-24,30,33-34,39,41-60H2,1-3H3/b10-7-,11-8-,19-16-,20-17-,21-18-,28-25-,29-26-,32-31-,35-27-,38-36-,40-37-. The third kappa shape index (κ3) is 54.6. The van der Waals surface area contributed by atoms with E-state index in [1.165, 1.54) is 44.9 Å². The van der Waals surface area contributed by atoms with Crippen molar-refractivity contribution in [1.29, 1.82) is 0 Å². The topological polar surface area (TPSA) is 61.8 Å². The molecular weight excluding hydrogens is 837 g/mol. The van der Waals surface area contributed by atoms with Crippen molar-refractivity contribution in [2.24, 2.45) is 0 Å². The first kappa shape index (κ1) is 64.0. The predicted octanol–water partition coefficient (Wildman–Crippen LogP) is 19.1. The fourth-order valence-electron chi connectivity index (χ4n) is 7.09. The molecule has 1 unspecified atom stereocenters. The van der Waals surface area contributed by atoms with E-state index in [1.54, 1.807) is 0 Å². The van der Waals surface area contributed by atoms with Crippen molar-refractivity contribution in [2.45, 2.75) is 232 Å². The van der Waals surface area contributed by atoms with E-state index in [0.29, 0.717) is 19.4 Å². The molecule has 0 aromatic carbocycles. The summed E-state index contributed by atoms with van der Waals surface area (Å²) in [6.07, 6.45) is 81.8. The van der Waals surface area contributed by atoms with Gasteiger partial charge in [0.05, 0.1) is 6.61 Å². The van der Waals surface area contributed by atoms with E-state index in [0.717, 1.165) is 148 Å². The van der Waals surface area contributed by atoms with Gasteiger partial charge in [0.25, 0.3) is 0 Å². The molecule has 0 saturated carbocycles. The van der Waals surface area contributed by atoms with E-state index in [4.69, 9.17) is 14.2 Å². The van der Waals surface area contributed by atoms with Crippen molar-refractivity contribution in [2.75, 3.05) is 19.8 Å². The number of unbranched alkanes of at least 4 members (excludes halogenated alkanes) is 16. The van der Waals surface area contributed by atoms with Crippen LogP contribution in [0.3, 0.4) is 0 Å². The molecule has 0 aliphatic carbocycles. The smallest absolute Gasteiger partial charge is 0.306 e. The van der Waals surface area contributed by atoms with E-state index in [-0.39, 0.29) is 25.2 Å². The maximum absolute atomic E-state index is 12.8. The zero-order valence-corrected chi connectivity index (χ0v) is 44.1. The highest BCUT2D eigenvalue weighted by Gasteiger charge is 2.17. The van der Waals surface area contributed by atoms with Crippen LogP contribution in [-0.2, 0) is 23.8 Å². The maximum Gasteiger partial charge on any atom is 0.306 e. The molecule has 384 valence electrons. The van der Waals surface area contributed by atoms with Gasteiger partial charge in [-0.25, -0.2) is 0 Å². The van der Waals surface area contributed by atoms with Gasteiger partial charge in [0.1, 0.15) is 6.61 Å². The first-order valence-electron chi connectivity index (χ1n) is 27.7. The summed E-state index contributed by atoms with van der Waals surface area (Å²) in [4.78, 5) is 25.5. The molecule has 0 radical (unpaired) electrons. The van der Waals surface area contributed by atoms with Crippen LogP contribution >= 0.6 is 0 Å². The normalized spacial score (nSPS) is 13.3. The Balaban J connectivity index is 4.43. The monoisotopic (exact) mass is 939 g/mol. The minimum atomic E-state index is -0.578. The third-order valence-electron chi connectivity index (χ3n) is 11.2. The summed E-state index contributed by atoms with van der Waals surface area (Å²) in [5, 5.41) is 0. The van der Waals surface area contributed by atoms with Gasteiger partial charge in [-0.15, -0.1) is 0 Å². The Morgan fingerprint density at radius 1 is 0.338 bits per heavy atom. The van der Waals surface area contributed by atoms with Gasteiger partial charge in [0.15, 0.2) is 6.10 Å². The molecular formula is C63H102O5. The number of allylic oxidation sites excluding steroid dienone is 22. The van der Waals surface area contributed by atoms with Crippen molar-refractivity contribution < 1.29 is 23.8 Å². The van der Waals surface area contributed by atoms with Crippen LogP contribution in [0.2, 0.25) is 0 Å². The van der Waals surface area contributed by atoms with Gasteiger partial charge in [-0.05, 0) is 135 Å². The largest absolute Gasteiger partial charge is 0.462 e. The van der Waals surface area contributed by atoms with Crippen LogP contribution < -0.4 is 0 Å². The molecule has 0 spiro atoms. The molecule has 68 heavy (non-hydrogen) atoms. The van der Waals surface area contributed by atoms with Gasteiger partial charge in [-0.1, -0.05) is 212 Å². The number of rotatable bonds is 49. The average Bonchev–Trinajstić information content (AvgIpc) is 3.34. The molecule has 0 fully saturated rings. The predicted molar refractivity (Wildman–Crippen MR) is 297 cm³/mol. The molecule has 0 amide bonds. The first-order chi connectivity index (χ1) is 33.6. The number of hydrogen-bond donors (Lipinski definition) is 0. The summed E-state index contributed by atoms with van der Waals surface area (Å²) < 4.78 is 17.4. The Hall–Kier alpha value is -3.96. The second-order valence-electron chi connectivity index (χ2n) is 17.7. The lowest BCUT2D eigenvalue weighted by molar-refractivity contribution is -0.163. The van der Waals surface area contributed by atoms with E-state index in [1.807, 2.05) is 0 Å². The van der Waals surface area contributed by atoms with Crippen molar-refractivity contribution in [3.05, 3.63) is 134 Å². The SMILES string of the molecule is CC/C=C\C/C=C\C/C=C\C/C=C\C/C=C\CCCCCCOCC(COC(=O)CCCCCC/C=C\C/C=C\C/C=C\C/C=C\CC)OC(=O)CCCCCCC/C=C\C/C=C\CCCCC. The molecule has 0 saturated heterocycles. The Morgan fingerprint density at radius 2 is 0.662 bits per heavy atom. The van der Waals surface area contributed by atoms with E-state index in [2.05, 4.69) is 154 Å².